The molecule has 0 spiro atoms. The lowest BCUT2D eigenvalue weighted by atomic mass is 10.1. The Morgan fingerprint density at radius 1 is 1.19 bits per heavy atom. The van der Waals surface area contributed by atoms with Crippen molar-refractivity contribution in [3.63, 3.8) is 0 Å². The fourth-order valence-corrected chi connectivity index (χ4v) is 2.71. The van der Waals surface area contributed by atoms with E-state index in [1.807, 2.05) is 36.4 Å². The topological polar surface area (TPSA) is 56.5 Å². The van der Waals surface area contributed by atoms with Crippen molar-refractivity contribution >= 4 is 28.9 Å². The minimum atomic E-state index is -0.101. The molecule has 21 heavy (non-hydrogen) atoms. The number of anilines is 1. The van der Waals surface area contributed by atoms with E-state index in [0.29, 0.717) is 28.1 Å². The van der Waals surface area contributed by atoms with Crippen LogP contribution in [0.4, 0.5) is 5.69 Å². The molecule has 0 fully saturated rings. The first-order valence-electron chi connectivity index (χ1n) is 6.48. The van der Waals surface area contributed by atoms with Crippen molar-refractivity contribution in [2.45, 2.75) is 6.04 Å². The van der Waals surface area contributed by atoms with Crippen molar-refractivity contribution in [2.24, 2.45) is 5.73 Å². The molecule has 0 saturated heterocycles. The zero-order chi connectivity index (χ0) is 14.8. The van der Waals surface area contributed by atoms with Gasteiger partial charge in [0.1, 0.15) is 0 Å². The van der Waals surface area contributed by atoms with Crippen LogP contribution in [0.5, 0.6) is 11.5 Å². The summed E-state index contributed by atoms with van der Waals surface area (Å²) in [6, 6.07) is 11.1. The van der Waals surface area contributed by atoms with Gasteiger partial charge in [0.05, 0.1) is 11.1 Å². The van der Waals surface area contributed by atoms with Crippen LogP contribution in [0.1, 0.15) is 11.6 Å². The number of halogens is 2. The van der Waals surface area contributed by atoms with Crippen LogP contribution in [0.3, 0.4) is 0 Å². The van der Waals surface area contributed by atoms with Crippen LogP contribution in [0.15, 0.2) is 36.4 Å². The van der Waals surface area contributed by atoms with Crippen LogP contribution in [-0.2, 0) is 0 Å². The zero-order valence-electron chi connectivity index (χ0n) is 11.1. The smallest absolute Gasteiger partial charge is 0.231 e. The Bertz CT molecular complexity index is 664. The first-order chi connectivity index (χ1) is 10.2. The van der Waals surface area contributed by atoms with Gasteiger partial charge in [0.15, 0.2) is 11.5 Å². The van der Waals surface area contributed by atoms with E-state index in [0.717, 1.165) is 11.3 Å². The molecule has 0 bridgehead atoms. The molecule has 2 aromatic carbocycles. The molecular formula is C15H14Cl2N2O2. The Kier molecular flexibility index (Phi) is 4.10. The lowest BCUT2D eigenvalue weighted by Gasteiger charge is -2.19. The summed E-state index contributed by atoms with van der Waals surface area (Å²) < 4.78 is 10.7. The van der Waals surface area contributed by atoms with E-state index in [2.05, 4.69) is 5.32 Å². The highest BCUT2D eigenvalue weighted by atomic mass is 35.5. The summed E-state index contributed by atoms with van der Waals surface area (Å²) in [6.45, 7) is 0.593. The number of rotatable bonds is 4. The third-order valence-corrected chi connectivity index (χ3v) is 3.77. The molecule has 0 radical (unpaired) electrons. The van der Waals surface area contributed by atoms with E-state index in [4.69, 9.17) is 38.4 Å². The minimum Gasteiger partial charge on any atom is -0.454 e. The molecule has 3 N–H and O–H groups in total. The molecule has 3 rings (SSSR count). The second-order valence-corrected chi connectivity index (χ2v) is 5.52. The Hall–Kier alpha value is -1.62. The number of benzene rings is 2. The highest BCUT2D eigenvalue weighted by Gasteiger charge is 2.21. The van der Waals surface area contributed by atoms with Crippen LogP contribution >= 0.6 is 23.2 Å². The van der Waals surface area contributed by atoms with Gasteiger partial charge in [0.2, 0.25) is 6.79 Å². The first kappa shape index (κ1) is 14.3. The Labute approximate surface area is 132 Å². The second-order valence-electron chi connectivity index (χ2n) is 4.68. The van der Waals surface area contributed by atoms with Gasteiger partial charge in [0.25, 0.3) is 0 Å². The average molecular weight is 325 g/mol. The van der Waals surface area contributed by atoms with Gasteiger partial charge >= 0.3 is 0 Å². The van der Waals surface area contributed by atoms with Crippen molar-refractivity contribution in [3.05, 3.63) is 52.0 Å². The van der Waals surface area contributed by atoms with Gasteiger partial charge in [0, 0.05) is 17.3 Å². The Morgan fingerprint density at radius 2 is 2.05 bits per heavy atom. The summed E-state index contributed by atoms with van der Waals surface area (Å²) in [5.74, 6) is 1.22. The van der Waals surface area contributed by atoms with Crippen LogP contribution in [0, 0.1) is 0 Å². The van der Waals surface area contributed by atoms with Gasteiger partial charge in [-0.25, -0.2) is 0 Å². The molecule has 1 aliphatic heterocycles. The summed E-state index contributed by atoms with van der Waals surface area (Å²) in [4.78, 5) is 0. The number of hydrogen-bond donors (Lipinski definition) is 2. The predicted octanol–water partition coefficient (Wildman–Crippen LogP) is 3.83. The summed E-state index contributed by atoms with van der Waals surface area (Å²) in [5, 5.41) is 4.53. The second kappa shape index (κ2) is 6.02. The number of nitrogens with two attached hydrogens (primary N) is 1. The quantitative estimate of drug-likeness (QED) is 0.897. The molecule has 1 aliphatic rings. The van der Waals surface area contributed by atoms with E-state index < -0.39 is 0 Å². The molecule has 1 heterocycles. The fourth-order valence-electron chi connectivity index (χ4n) is 2.25. The maximum atomic E-state index is 6.21. The monoisotopic (exact) mass is 324 g/mol. The number of nitrogens with one attached hydrogen (secondary N) is 1. The molecule has 0 aromatic heterocycles. The van der Waals surface area contributed by atoms with Gasteiger partial charge in [-0.1, -0.05) is 29.3 Å². The normalized spacial score (nSPS) is 14.0. The Morgan fingerprint density at radius 3 is 2.81 bits per heavy atom. The van der Waals surface area contributed by atoms with Gasteiger partial charge < -0.3 is 20.5 Å². The molecule has 0 amide bonds. The largest absolute Gasteiger partial charge is 0.454 e. The van der Waals surface area contributed by atoms with Crippen LogP contribution in [0.2, 0.25) is 10.0 Å². The predicted molar refractivity (Wildman–Crippen MR) is 84.4 cm³/mol. The molecule has 1 atom stereocenters. The van der Waals surface area contributed by atoms with E-state index in [-0.39, 0.29) is 12.8 Å². The molecular weight excluding hydrogens is 311 g/mol. The molecule has 0 saturated carbocycles. The summed E-state index contributed by atoms with van der Waals surface area (Å²) >= 11 is 12.2. The number of ether oxygens (including phenoxy) is 2. The zero-order valence-corrected chi connectivity index (χ0v) is 12.6. The fraction of sp³-hybridized carbons (Fsp3) is 0.200. The summed E-state index contributed by atoms with van der Waals surface area (Å²) in [6.07, 6.45) is 0. The molecule has 4 nitrogen and oxygen atoms in total. The summed E-state index contributed by atoms with van der Waals surface area (Å²) in [5.41, 5.74) is 7.71. The van der Waals surface area contributed by atoms with E-state index in [1.165, 1.54) is 0 Å². The van der Waals surface area contributed by atoms with Crippen LogP contribution in [-0.4, -0.2) is 13.3 Å². The van der Waals surface area contributed by atoms with Crippen molar-refractivity contribution in [1.29, 1.82) is 0 Å². The van der Waals surface area contributed by atoms with Gasteiger partial charge in [-0.2, -0.15) is 0 Å². The lowest BCUT2D eigenvalue weighted by Crippen LogP contribution is -2.20. The van der Waals surface area contributed by atoms with Gasteiger partial charge in [-0.15, -0.1) is 0 Å². The van der Waals surface area contributed by atoms with Crippen molar-refractivity contribution in [3.8, 4) is 11.5 Å². The van der Waals surface area contributed by atoms with Crippen molar-refractivity contribution in [1.82, 2.24) is 0 Å². The summed E-state index contributed by atoms with van der Waals surface area (Å²) in [7, 11) is 0. The SMILES string of the molecule is NCC(Nc1cccc(Cl)c1)c1cc(Cl)c2c(c1)OCO2. The molecule has 1 unspecified atom stereocenters. The number of hydrogen-bond acceptors (Lipinski definition) is 4. The maximum Gasteiger partial charge on any atom is 0.231 e. The van der Waals surface area contributed by atoms with Gasteiger partial charge in [-0.05, 0) is 35.9 Å². The standard InChI is InChI=1S/C15H14Cl2N2O2/c16-10-2-1-3-11(6-10)19-13(7-18)9-4-12(17)15-14(5-9)20-8-21-15/h1-6,13,19H,7-8,18H2. The first-order valence-corrected chi connectivity index (χ1v) is 7.24. The van der Waals surface area contributed by atoms with E-state index in [9.17, 15) is 0 Å². The van der Waals surface area contributed by atoms with Gasteiger partial charge in [-0.3, -0.25) is 0 Å². The third-order valence-electron chi connectivity index (χ3n) is 3.25. The third kappa shape index (κ3) is 3.02. The van der Waals surface area contributed by atoms with E-state index in [1.54, 1.807) is 0 Å². The van der Waals surface area contributed by atoms with Crippen molar-refractivity contribution < 1.29 is 9.47 Å². The molecule has 0 aliphatic carbocycles. The highest BCUT2D eigenvalue weighted by Crippen LogP contribution is 2.41. The minimum absolute atomic E-state index is 0.101. The lowest BCUT2D eigenvalue weighted by molar-refractivity contribution is 0.174. The van der Waals surface area contributed by atoms with Crippen LogP contribution < -0.4 is 20.5 Å². The highest BCUT2D eigenvalue weighted by molar-refractivity contribution is 6.32. The Balaban J connectivity index is 1.88. The number of fused-ring (bicyclic) bond motifs is 1. The van der Waals surface area contributed by atoms with Crippen LogP contribution in [0.25, 0.3) is 0 Å². The van der Waals surface area contributed by atoms with E-state index >= 15 is 0 Å². The average Bonchev–Trinajstić information content (AvgIpc) is 2.93. The molecule has 6 heteroatoms. The van der Waals surface area contributed by atoms with Crippen molar-refractivity contribution in [2.75, 3.05) is 18.7 Å². The maximum absolute atomic E-state index is 6.21. The molecule has 110 valence electrons. The molecule has 2 aromatic rings.